The summed E-state index contributed by atoms with van der Waals surface area (Å²) in [4.78, 5) is 0. The second kappa shape index (κ2) is 7.80. The van der Waals surface area contributed by atoms with Crippen LogP contribution in [0.1, 0.15) is 20.3 Å². The molecule has 0 aliphatic rings. The first-order valence-electron chi connectivity index (χ1n) is 5.26. The highest BCUT2D eigenvalue weighted by atomic mass is 127. The summed E-state index contributed by atoms with van der Waals surface area (Å²) >= 11 is 1.89. The molecule has 0 bridgehead atoms. The van der Waals surface area contributed by atoms with Crippen LogP contribution in [0.5, 0.6) is 0 Å². The Hall–Kier alpha value is 0.780. The maximum atomic E-state index is 12.8. The largest absolute Gasteiger partial charge is 0.512 e. The van der Waals surface area contributed by atoms with Crippen molar-refractivity contribution >= 4 is 66.1 Å². The van der Waals surface area contributed by atoms with Gasteiger partial charge in [-0.15, -0.1) is 0 Å². The van der Waals surface area contributed by atoms with Gasteiger partial charge in [0.2, 0.25) is 0 Å². The molecule has 0 saturated carbocycles. The standard InChI is InChI=1S/C6H8F6I2N2O6S2/c1-3-4(2,15(21-13)22-14)16(23(17,18)5(7,8)9)24(19,20)6(10,11)12/h3H2,1-2H3. The van der Waals surface area contributed by atoms with Crippen molar-refractivity contribution in [3.63, 3.8) is 0 Å². The Morgan fingerprint density at radius 1 is 0.875 bits per heavy atom. The van der Waals surface area contributed by atoms with Gasteiger partial charge in [0.1, 0.15) is 46.0 Å². The number of hydrogen-bond acceptors (Lipinski definition) is 7. The summed E-state index contributed by atoms with van der Waals surface area (Å²) < 4.78 is 130. The molecule has 0 aromatic rings. The van der Waals surface area contributed by atoms with Gasteiger partial charge in [-0.2, -0.15) is 26.3 Å². The first-order chi connectivity index (χ1) is 10.4. The second-order valence-electron chi connectivity index (χ2n) is 4.06. The van der Waals surface area contributed by atoms with Gasteiger partial charge in [-0.3, -0.25) is 0 Å². The number of sulfonamides is 2. The Labute approximate surface area is 160 Å². The minimum atomic E-state index is -7.00. The Kier molecular flexibility index (Phi) is 8.05. The van der Waals surface area contributed by atoms with E-state index in [0.29, 0.717) is 6.92 Å². The van der Waals surface area contributed by atoms with Crippen LogP contribution >= 0.6 is 46.0 Å². The van der Waals surface area contributed by atoms with Crippen molar-refractivity contribution in [1.29, 1.82) is 0 Å². The quantitative estimate of drug-likeness (QED) is 0.184. The van der Waals surface area contributed by atoms with E-state index in [-0.39, 0.29) is 5.23 Å². The van der Waals surface area contributed by atoms with E-state index >= 15 is 0 Å². The summed E-state index contributed by atoms with van der Waals surface area (Å²) in [6, 6.07) is 0. The van der Waals surface area contributed by atoms with Gasteiger partial charge in [0.25, 0.3) is 0 Å². The van der Waals surface area contributed by atoms with Crippen LogP contribution in [0.2, 0.25) is 0 Å². The number of hydrogen-bond donors (Lipinski definition) is 0. The topological polar surface area (TPSA) is 93.2 Å². The zero-order valence-corrected chi connectivity index (χ0v) is 17.3. The fraction of sp³-hybridized carbons (Fsp3) is 1.00. The molecule has 0 radical (unpaired) electrons. The Bertz CT molecular complexity index is 603. The maximum Gasteiger partial charge on any atom is 0.512 e. The van der Waals surface area contributed by atoms with Gasteiger partial charge >= 0.3 is 31.1 Å². The van der Waals surface area contributed by atoms with Gasteiger partial charge in [0.15, 0.2) is 5.66 Å². The SMILES string of the molecule is CCC(C)(N(OI)OI)N(S(=O)(=O)C(F)(F)F)S(=O)(=O)C(F)(F)F. The van der Waals surface area contributed by atoms with Crippen molar-refractivity contribution in [1.82, 2.24) is 8.94 Å². The van der Waals surface area contributed by atoms with E-state index < -0.39 is 46.9 Å². The van der Waals surface area contributed by atoms with Gasteiger partial charge in [-0.1, -0.05) is 10.6 Å². The van der Waals surface area contributed by atoms with E-state index in [1.807, 2.05) is 0 Å². The van der Waals surface area contributed by atoms with Crippen molar-refractivity contribution in [3.05, 3.63) is 0 Å². The molecule has 1 atom stereocenters. The third-order valence-electron chi connectivity index (χ3n) is 2.60. The molecular formula is C6H8F6I2N2O6S2. The van der Waals surface area contributed by atoms with Crippen molar-refractivity contribution < 1.29 is 49.5 Å². The van der Waals surface area contributed by atoms with Crippen LogP contribution in [-0.2, 0) is 26.4 Å². The van der Waals surface area contributed by atoms with Crippen molar-refractivity contribution in [2.75, 3.05) is 0 Å². The third-order valence-corrected chi connectivity index (χ3v) is 7.33. The van der Waals surface area contributed by atoms with Gasteiger partial charge in [-0.05, 0) is 18.6 Å². The fourth-order valence-corrected chi connectivity index (χ4v) is 5.98. The highest BCUT2D eigenvalue weighted by Gasteiger charge is 2.68. The first kappa shape index (κ1) is 24.8. The van der Waals surface area contributed by atoms with E-state index in [1.54, 1.807) is 0 Å². The maximum absolute atomic E-state index is 12.8. The van der Waals surface area contributed by atoms with Crippen LogP contribution in [0.15, 0.2) is 0 Å². The zero-order valence-electron chi connectivity index (χ0n) is 11.4. The normalized spacial score (nSPS) is 17.3. The summed E-state index contributed by atoms with van der Waals surface area (Å²) in [7, 11) is -14.0. The zero-order chi connectivity index (χ0) is 19.8. The molecule has 0 aliphatic heterocycles. The van der Waals surface area contributed by atoms with Crippen LogP contribution in [0, 0.1) is 0 Å². The average Bonchev–Trinajstić information content (AvgIpc) is 2.36. The minimum Gasteiger partial charge on any atom is -0.202 e. The molecule has 1 unspecified atom stereocenters. The van der Waals surface area contributed by atoms with E-state index in [1.165, 1.54) is 0 Å². The monoisotopic (exact) mass is 636 g/mol. The molecule has 0 saturated heterocycles. The molecule has 8 nitrogen and oxygen atoms in total. The lowest BCUT2D eigenvalue weighted by Gasteiger charge is -2.41. The first-order valence-corrected chi connectivity index (χ1v) is 9.90. The molecule has 0 aromatic heterocycles. The Morgan fingerprint density at radius 2 is 1.17 bits per heavy atom. The smallest absolute Gasteiger partial charge is 0.202 e. The highest BCUT2D eigenvalue weighted by molar-refractivity contribution is 14.1. The number of hydroxylamine groups is 2. The lowest BCUT2D eigenvalue weighted by atomic mass is 10.2. The average molecular weight is 636 g/mol. The van der Waals surface area contributed by atoms with Crippen molar-refractivity contribution in [2.45, 2.75) is 36.9 Å². The third kappa shape index (κ3) is 4.36. The van der Waals surface area contributed by atoms with E-state index in [0.717, 1.165) is 52.9 Å². The predicted octanol–water partition coefficient (Wildman–Crippen LogP) is 2.98. The lowest BCUT2D eigenvalue weighted by Crippen LogP contribution is -2.64. The Morgan fingerprint density at radius 3 is 1.33 bits per heavy atom. The van der Waals surface area contributed by atoms with E-state index in [2.05, 4.69) is 6.33 Å². The van der Waals surface area contributed by atoms with Crippen LogP contribution in [0.25, 0.3) is 0 Å². The molecule has 0 rings (SSSR count). The molecule has 24 heavy (non-hydrogen) atoms. The summed E-state index contributed by atoms with van der Waals surface area (Å²) in [6.07, 6.45) is -0.899. The van der Waals surface area contributed by atoms with E-state index in [9.17, 15) is 43.2 Å². The predicted molar refractivity (Wildman–Crippen MR) is 82.5 cm³/mol. The molecule has 0 amide bonds. The van der Waals surface area contributed by atoms with Crippen molar-refractivity contribution in [3.8, 4) is 0 Å². The van der Waals surface area contributed by atoms with Crippen LogP contribution < -0.4 is 0 Å². The van der Waals surface area contributed by atoms with Crippen LogP contribution in [-0.4, -0.2) is 42.5 Å². The molecule has 0 aliphatic carbocycles. The molecule has 0 N–H and O–H groups in total. The number of halogens is 8. The summed E-state index contributed by atoms with van der Waals surface area (Å²) in [5.74, 6) is 0. The molecule has 146 valence electrons. The minimum absolute atomic E-state index is 0.138. The molecule has 0 fully saturated rings. The van der Waals surface area contributed by atoms with Gasteiger partial charge in [-0.25, -0.2) is 23.2 Å². The van der Waals surface area contributed by atoms with Gasteiger partial charge in [0.05, 0.1) is 0 Å². The molecule has 0 spiro atoms. The summed E-state index contributed by atoms with van der Waals surface area (Å²) in [6.45, 7) is 1.36. The summed E-state index contributed by atoms with van der Waals surface area (Å²) in [5.41, 5.74) is -15.7. The van der Waals surface area contributed by atoms with Crippen LogP contribution in [0.3, 0.4) is 0 Å². The number of rotatable bonds is 7. The molecule has 18 heteroatoms. The lowest BCUT2D eigenvalue weighted by molar-refractivity contribution is -0.288. The number of alkyl halides is 6. The van der Waals surface area contributed by atoms with Gasteiger partial charge < -0.3 is 0 Å². The van der Waals surface area contributed by atoms with Gasteiger partial charge in [0, 0.05) is 0 Å². The molecular weight excluding hydrogens is 628 g/mol. The van der Waals surface area contributed by atoms with Crippen LogP contribution in [0.4, 0.5) is 26.3 Å². The second-order valence-corrected chi connectivity index (χ2v) is 8.64. The number of nitrogens with zero attached hydrogens (tertiary/aromatic N) is 2. The molecule has 0 heterocycles. The fourth-order valence-electron chi connectivity index (χ4n) is 1.32. The van der Waals surface area contributed by atoms with E-state index in [4.69, 9.17) is 0 Å². The van der Waals surface area contributed by atoms with Crippen molar-refractivity contribution in [2.24, 2.45) is 0 Å². The molecule has 0 aromatic carbocycles. The highest BCUT2D eigenvalue weighted by Crippen LogP contribution is 2.43. The summed E-state index contributed by atoms with van der Waals surface area (Å²) in [5, 5.41) is -0.138. The Balaban J connectivity index is 6.94.